The van der Waals surface area contributed by atoms with E-state index in [4.69, 9.17) is 0 Å². The Labute approximate surface area is 113 Å². The quantitative estimate of drug-likeness (QED) is 0.824. The number of benzene rings is 1. The molecule has 1 amide bonds. The molecule has 0 bridgehead atoms. The van der Waals surface area contributed by atoms with Crippen LogP contribution in [0.1, 0.15) is 9.67 Å². The van der Waals surface area contributed by atoms with Crippen LogP contribution in [0.3, 0.4) is 0 Å². The molecule has 0 aliphatic rings. The number of rotatable bonds is 4. The monoisotopic (exact) mass is 279 g/mol. The van der Waals surface area contributed by atoms with Crippen molar-refractivity contribution in [1.29, 1.82) is 0 Å². The molecule has 1 unspecified atom stereocenters. The minimum Gasteiger partial charge on any atom is -0.467 e. The van der Waals surface area contributed by atoms with Crippen molar-refractivity contribution < 1.29 is 19.4 Å². The minimum atomic E-state index is -1.34. The Morgan fingerprint density at radius 3 is 2.84 bits per heavy atom. The molecule has 0 saturated heterocycles. The molecule has 0 aliphatic carbocycles. The summed E-state index contributed by atoms with van der Waals surface area (Å²) in [6.45, 7) is -0.167. The molecule has 2 N–H and O–H groups in total. The first-order chi connectivity index (χ1) is 9.11. The number of hydrogen-bond donors (Lipinski definition) is 2. The van der Waals surface area contributed by atoms with E-state index in [1.54, 1.807) is 6.07 Å². The molecular weight excluding hydrogens is 266 g/mol. The first-order valence-corrected chi connectivity index (χ1v) is 6.46. The van der Waals surface area contributed by atoms with Crippen LogP contribution in [0, 0.1) is 0 Å². The van der Waals surface area contributed by atoms with E-state index in [1.165, 1.54) is 18.4 Å². The Balaban J connectivity index is 2.02. The number of aliphatic hydroxyl groups excluding tert-OH is 1. The predicted molar refractivity (Wildman–Crippen MR) is 72.2 cm³/mol. The maximum absolute atomic E-state index is 11.9. The summed E-state index contributed by atoms with van der Waals surface area (Å²) >= 11 is 1.36. The molecule has 19 heavy (non-hydrogen) atoms. The zero-order valence-corrected chi connectivity index (χ0v) is 11.1. The zero-order chi connectivity index (χ0) is 13.8. The smallest absolute Gasteiger partial charge is 0.336 e. The molecule has 1 atom stereocenters. The summed E-state index contributed by atoms with van der Waals surface area (Å²) in [5, 5.41) is 12.9. The highest BCUT2D eigenvalue weighted by molar-refractivity contribution is 7.20. The third kappa shape index (κ3) is 3.10. The van der Waals surface area contributed by atoms with Crippen molar-refractivity contribution in [1.82, 2.24) is 5.32 Å². The minimum absolute atomic E-state index is 0.167. The van der Waals surface area contributed by atoms with Gasteiger partial charge >= 0.3 is 5.97 Å². The normalized spacial score (nSPS) is 12.1. The molecule has 1 heterocycles. The first kappa shape index (κ1) is 13.5. The molecule has 0 fully saturated rings. The number of methoxy groups -OCH3 is 1. The number of carbonyl (C=O) groups is 2. The van der Waals surface area contributed by atoms with Crippen LogP contribution in [0.15, 0.2) is 30.3 Å². The van der Waals surface area contributed by atoms with E-state index in [-0.39, 0.29) is 12.5 Å². The van der Waals surface area contributed by atoms with Gasteiger partial charge in [0.15, 0.2) is 6.10 Å². The van der Waals surface area contributed by atoms with Gasteiger partial charge in [-0.1, -0.05) is 18.2 Å². The van der Waals surface area contributed by atoms with Gasteiger partial charge in [0.1, 0.15) is 0 Å². The van der Waals surface area contributed by atoms with E-state index >= 15 is 0 Å². The van der Waals surface area contributed by atoms with Crippen molar-refractivity contribution in [2.45, 2.75) is 6.10 Å². The molecule has 6 heteroatoms. The van der Waals surface area contributed by atoms with Crippen molar-refractivity contribution in [3.05, 3.63) is 35.2 Å². The lowest BCUT2D eigenvalue weighted by Gasteiger charge is -2.08. The van der Waals surface area contributed by atoms with Gasteiger partial charge in [0.2, 0.25) is 0 Å². The highest BCUT2D eigenvalue weighted by Crippen LogP contribution is 2.24. The maximum atomic E-state index is 11.9. The number of aliphatic hydroxyl groups is 1. The summed E-state index contributed by atoms with van der Waals surface area (Å²) in [5.74, 6) is -1.08. The largest absolute Gasteiger partial charge is 0.467 e. The van der Waals surface area contributed by atoms with Gasteiger partial charge in [-0.2, -0.15) is 0 Å². The van der Waals surface area contributed by atoms with Crippen LogP contribution in [0.5, 0.6) is 0 Å². The molecule has 0 radical (unpaired) electrons. The average molecular weight is 279 g/mol. The van der Waals surface area contributed by atoms with Crippen molar-refractivity contribution >= 4 is 33.3 Å². The second-order valence-electron chi connectivity index (χ2n) is 3.90. The zero-order valence-electron chi connectivity index (χ0n) is 10.3. The van der Waals surface area contributed by atoms with Gasteiger partial charge < -0.3 is 15.2 Å². The molecule has 5 nitrogen and oxygen atoms in total. The molecule has 0 saturated carbocycles. The summed E-state index contributed by atoms with van der Waals surface area (Å²) in [7, 11) is 1.18. The SMILES string of the molecule is COC(=O)C(O)CNC(=O)c1cc2ccccc2s1. The first-order valence-electron chi connectivity index (χ1n) is 5.64. The van der Waals surface area contributed by atoms with E-state index in [9.17, 15) is 14.7 Å². The standard InChI is InChI=1S/C13H13NO4S/c1-18-13(17)9(15)7-14-12(16)11-6-8-4-2-3-5-10(8)19-11/h2-6,9,15H,7H2,1H3,(H,14,16). The molecule has 0 aliphatic heterocycles. The van der Waals surface area contributed by atoms with Crippen LogP contribution in [0.2, 0.25) is 0 Å². The fourth-order valence-electron chi connectivity index (χ4n) is 1.59. The molecule has 2 aromatic rings. The van der Waals surface area contributed by atoms with E-state index in [0.717, 1.165) is 10.1 Å². The van der Waals surface area contributed by atoms with E-state index in [1.807, 2.05) is 24.3 Å². The number of carbonyl (C=O) groups excluding carboxylic acids is 2. The van der Waals surface area contributed by atoms with Gasteiger partial charge in [0, 0.05) is 4.70 Å². The number of ether oxygens (including phenoxy) is 1. The van der Waals surface area contributed by atoms with Crippen LogP contribution >= 0.6 is 11.3 Å². The Kier molecular flexibility index (Phi) is 4.13. The van der Waals surface area contributed by atoms with Gasteiger partial charge in [-0.25, -0.2) is 4.79 Å². The predicted octanol–water partition coefficient (Wildman–Crippen LogP) is 1.16. The summed E-state index contributed by atoms with van der Waals surface area (Å²) in [6, 6.07) is 9.44. The van der Waals surface area contributed by atoms with Gasteiger partial charge in [0.05, 0.1) is 18.5 Å². The molecule has 0 spiro atoms. The lowest BCUT2D eigenvalue weighted by molar-refractivity contribution is -0.149. The van der Waals surface area contributed by atoms with Crippen LogP contribution in [-0.2, 0) is 9.53 Å². The number of esters is 1. The lowest BCUT2D eigenvalue weighted by Crippen LogP contribution is -2.36. The van der Waals surface area contributed by atoms with Crippen molar-refractivity contribution in [3.8, 4) is 0 Å². The van der Waals surface area contributed by atoms with Crippen molar-refractivity contribution in [2.75, 3.05) is 13.7 Å². The molecule has 100 valence electrons. The third-order valence-electron chi connectivity index (χ3n) is 2.58. The Hall–Kier alpha value is -1.92. The molecule has 2 rings (SSSR count). The lowest BCUT2D eigenvalue weighted by atomic mass is 10.2. The van der Waals surface area contributed by atoms with Gasteiger partial charge in [-0.3, -0.25) is 4.79 Å². The number of thiophene rings is 1. The van der Waals surface area contributed by atoms with E-state index in [0.29, 0.717) is 4.88 Å². The van der Waals surface area contributed by atoms with Crippen molar-refractivity contribution in [2.24, 2.45) is 0 Å². The Morgan fingerprint density at radius 2 is 2.16 bits per heavy atom. The molecule has 1 aromatic heterocycles. The summed E-state index contributed by atoms with van der Waals surface area (Å²) in [6.07, 6.45) is -1.34. The van der Waals surface area contributed by atoms with Crippen LogP contribution in [0.25, 0.3) is 10.1 Å². The summed E-state index contributed by atoms with van der Waals surface area (Å²) < 4.78 is 5.38. The maximum Gasteiger partial charge on any atom is 0.336 e. The van der Waals surface area contributed by atoms with Gasteiger partial charge in [-0.05, 0) is 17.5 Å². The van der Waals surface area contributed by atoms with E-state index < -0.39 is 12.1 Å². The van der Waals surface area contributed by atoms with Crippen molar-refractivity contribution in [3.63, 3.8) is 0 Å². The number of amides is 1. The number of fused-ring (bicyclic) bond motifs is 1. The van der Waals surface area contributed by atoms with Gasteiger partial charge in [0.25, 0.3) is 5.91 Å². The van der Waals surface area contributed by atoms with Crippen LogP contribution in [0.4, 0.5) is 0 Å². The highest BCUT2D eigenvalue weighted by Gasteiger charge is 2.17. The Morgan fingerprint density at radius 1 is 1.42 bits per heavy atom. The van der Waals surface area contributed by atoms with Gasteiger partial charge in [-0.15, -0.1) is 11.3 Å². The third-order valence-corrected chi connectivity index (χ3v) is 3.69. The fourth-order valence-corrected chi connectivity index (χ4v) is 2.57. The fraction of sp³-hybridized carbons (Fsp3) is 0.231. The Bertz CT molecular complexity index is 574. The van der Waals surface area contributed by atoms with Crippen LogP contribution in [-0.4, -0.2) is 36.7 Å². The second-order valence-corrected chi connectivity index (χ2v) is 4.98. The average Bonchev–Trinajstić information content (AvgIpc) is 2.87. The van der Waals surface area contributed by atoms with E-state index in [2.05, 4.69) is 10.1 Å². The molecular formula is C13H13NO4S. The number of hydrogen-bond acceptors (Lipinski definition) is 5. The highest BCUT2D eigenvalue weighted by atomic mass is 32.1. The number of nitrogens with one attached hydrogen (secondary N) is 1. The topological polar surface area (TPSA) is 75.6 Å². The molecule has 1 aromatic carbocycles. The summed E-state index contributed by atoms with van der Waals surface area (Å²) in [4.78, 5) is 23.4. The summed E-state index contributed by atoms with van der Waals surface area (Å²) in [5.41, 5.74) is 0. The second kappa shape index (κ2) is 5.81. The van der Waals surface area contributed by atoms with Crippen LogP contribution < -0.4 is 5.32 Å².